The summed E-state index contributed by atoms with van der Waals surface area (Å²) in [6.07, 6.45) is 8.64. The maximum absolute atomic E-state index is 6.34. The van der Waals surface area contributed by atoms with Crippen molar-refractivity contribution < 1.29 is 0 Å². The molecule has 2 atom stereocenters. The maximum atomic E-state index is 6.34. The van der Waals surface area contributed by atoms with Gasteiger partial charge < -0.3 is 0 Å². The molecule has 4 aromatic rings. The highest BCUT2D eigenvalue weighted by atomic mass is 35.5. The van der Waals surface area contributed by atoms with Gasteiger partial charge in [-0.1, -0.05) is 78.9 Å². The molecule has 30 heavy (non-hydrogen) atoms. The maximum Gasteiger partial charge on any atom is 0.223 e. The largest absolute Gasteiger partial charge is 0.223 e. The standard InChI is InChI=1S/C26H17ClN2S/c27-26-28-23(25-24(29-26)21-8-4-5-9-22(21)30-25)20-13-12-18-14-17(10-11-19(18)15-20)16-6-2-1-3-7-16/h1-15,21-22H. The lowest BCUT2D eigenvalue weighted by Gasteiger charge is -2.13. The second-order valence-electron chi connectivity index (χ2n) is 7.58. The topological polar surface area (TPSA) is 25.8 Å². The minimum Gasteiger partial charge on any atom is -0.221 e. The van der Waals surface area contributed by atoms with Gasteiger partial charge in [-0.15, -0.1) is 11.8 Å². The predicted octanol–water partition coefficient (Wildman–Crippen LogP) is 7.30. The molecule has 0 saturated carbocycles. The minimum atomic E-state index is 0.267. The summed E-state index contributed by atoms with van der Waals surface area (Å²) in [7, 11) is 0. The van der Waals surface area contributed by atoms with Crippen molar-refractivity contribution in [3.05, 3.63) is 102 Å². The van der Waals surface area contributed by atoms with Crippen molar-refractivity contribution in [3.63, 3.8) is 0 Å². The van der Waals surface area contributed by atoms with Crippen molar-refractivity contribution in [2.24, 2.45) is 0 Å². The van der Waals surface area contributed by atoms with Crippen molar-refractivity contribution in [2.75, 3.05) is 0 Å². The van der Waals surface area contributed by atoms with E-state index in [1.54, 1.807) is 0 Å². The lowest BCUT2D eigenvalue weighted by Crippen LogP contribution is -2.08. The summed E-state index contributed by atoms with van der Waals surface area (Å²) in [4.78, 5) is 10.4. The van der Waals surface area contributed by atoms with Gasteiger partial charge in [0.25, 0.3) is 0 Å². The molecule has 2 unspecified atom stereocenters. The Labute approximate surface area is 184 Å². The Balaban J connectivity index is 1.45. The van der Waals surface area contributed by atoms with Crippen LogP contribution in [-0.2, 0) is 0 Å². The highest BCUT2D eigenvalue weighted by Gasteiger charge is 2.35. The summed E-state index contributed by atoms with van der Waals surface area (Å²) >= 11 is 8.18. The first kappa shape index (κ1) is 17.9. The molecule has 6 rings (SSSR count). The van der Waals surface area contributed by atoms with E-state index in [1.165, 1.54) is 21.9 Å². The van der Waals surface area contributed by atoms with E-state index < -0.39 is 0 Å². The molecule has 2 heterocycles. The summed E-state index contributed by atoms with van der Waals surface area (Å²) in [5, 5.41) is 3.08. The van der Waals surface area contributed by atoms with Gasteiger partial charge in [-0.25, -0.2) is 9.97 Å². The Morgan fingerprint density at radius 2 is 1.47 bits per heavy atom. The molecule has 0 amide bonds. The second kappa shape index (κ2) is 7.12. The van der Waals surface area contributed by atoms with Gasteiger partial charge in [0.15, 0.2) is 0 Å². The van der Waals surface area contributed by atoms with Gasteiger partial charge in [0, 0.05) is 16.7 Å². The average Bonchev–Trinajstić information content (AvgIpc) is 3.17. The Morgan fingerprint density at radius 1 is 0.733 bits per heavy atom. The molecule has 144 valence electrons. The molecule has 0 saturated heterocycles. The number of thioether (sulfide) groups is 1. The highest BCUT2D eigenvalue weighted by molar-refractivity contribution is 8.00. The van der Waals surface area contributed by atoms with Crippen molar-refractivity contribution >= 4 is 34.1 Å². The molecule has 2 nitrogen and oxygen atoms in total. The van der Waals surface area contributed by atoms with Crippen LogP contribution in [0, 0.1) is 0 Å². The number of benzene rings is 3. The number of hydrogen-bond acceptors (Lipinski definition) is 3. The van der Waals surface area contributed by atoms with Crippen LogP contribution in [0.5, 0.6) is 0 Å². The SMILES string of the molecule is Clc1nc(-c2ccc3cc(-c4ccccc4)ccc3c2)c2c(n1)C1C=CC=CC1S2. The zero-order valence-electron chi connectivity index (χ0n) is 16.0. The second-order valence-corrected chi connectivity index (χ2v) is 9.10. The molecule has 4 heteroatoms. The number of fused-ring (bicyclic) bond motifs is 4. The molecule has 0 fully saturated rings. The molecule has 0 N–H and O–H groups in total. The lowest BCUT2D eigenvalue weighted by atomic mass is 9.95. The van der Waals surface area contributed by atoms with Crippen LogP contribution in [-0.4, -0.2) is 15.2 Å². The fourth-order valence-electron chi connectivity index (χ4n) is 4.26. The van der Waals surface area contributed by atoms with E-state index in [9.17, 15) is 0 Å². The van der Waals surface area contributed by atoms with Gasteiger partial charge in [-0.05, 0) is 45.6 Å². The number of rotatable bonds is 2. The highest BCUT2D eigenvalue weighted by Crippen LogP contribution is 2.50. The van der Waals surface area contributed by atoms with Gasteiger partial charge in [-0.2, -0.15) is 0 Å². The van der Waals surface area contributed by atoms with Crippen LogP contribution < -0.4 is 0 Å². The van der Waals surface area contributed by atoms with Crippen LogP contribution in [0.4, 0.5) is 0 Å². The van der Waals surface area contributed by atoms with Gasteiger partial charge in [0.1, 0.15) is 0 Å². The fraction of sp³-hybridized carbons (Fsp3) is 0.0769. The smallest absolute Gasteiger partial charge is 0.221 e. The van der Waals surface area contributed by atoms with Gasteiger partial charge in [0.05, 0.1) is 16.3 Å². The van der Waals surface area contributed by atoms with E-state index in [-0.39, 0.29) is 5.92 Å². The van der Waals surface area contributed by atoms with E-state index in [1.807, 2.05) is 17.8 Å². The van der Waals surface area contributed by atoms with Gasteiger partial charge in [-0.3, -0.25) is 0 Å². The van der Waals surface area contributed by atoms with Gasteiger partial charge in [0.2, 0.25) is 5.28 Å². The molecular weight excluding hydrogens is 408 g/mol. The molecule has 1 aliphatic heterocycles. The molecule has 0 bridgehead atoms. The Morgan fingerprint density at radius 3 is 2.30 bits per heavy atom. The van der Waals surface area contributed by atoms with Crippen LogP contribution in [0.25, 0.3) is 33.2 Å². The Bertz CT molecular complexity index is 1340. The monoisotopic (exact) mass is 424 g/mol. The quantitative estimate of drug-likeness (QED) is 0.315. The molecule has 3 aromatic carbocycles. The summed E-state index contributed by atoms with van der Waals surface area (Å²) in [6, 6.07) is 23.6. The van der Waals surface area contributed by atoms with Crippen LogP contribution in [0.2, 0.25) is 5.28 Å². The summed E-state index contributed by atoms with van der Waals surface area (Å²) < 4.78 is 0. The van der Waals surface area contributed by atoms with Crippen molar-refractivity contribution in [2.45, 2.75) is 16.1 Å². The Kier molecular flexibility index (Phi) is 4.26. The van der Waals surface area contributed by atoms with Crippen molar-refractivity contribution in [1.29, 1.82) is 0 Å². The number of halogens is 1. The molecule has 1 aliphatic carbocycles. The molecule has 0 radical (unpaired) electrons. The van der Waals surface area contributed by atoms with Crippen molar-refractivity contribution in [1.82, 2.24) is 9.97 Å². The third-order valence-corrected chi connectivity index (χ3v) is 7.27. The number of aromatic nitrogens is 2. The third-order valence-electron chi connectivity index (χ3n) is 5.74. The molecule has 0 spiro atoms. The minimum absolute atomic E-state index is 0.267. The van der Waals surface area contributed by atoms with Crippen LogP contribution in [0.3, 0.4) is 0 Å². The van der Waals surface area contributed by atoms with E-state index in [2.05, 4.69) is 94.9 Å². The first-order valence-electron chi connectivity index (χ1n) is 9.95. The molecule has 1 aromatic heterocycles. The zero-order chi connectivity index (χ0) is 20.1. The number of allylic oxidation sites excluding steroid dienone is 3. The fourth-order valence-corrected chi connectivity index (χ4v) is 5.82. The van der Waals surface area contributed by atoms with E-state index >= 15 is 0 Å². The van der Waals surface area contributed by atoms with E-state index in [4.69, 9.17) is 11.6 Å². The predicted molar refractivity (Wildman–Crippen MR) is 126 cm³/mol. The zero-order valence-corrected chi connectivity index (χ0v) is 17.6. The average molecular weight is 425 g/mol. The summed E-state index contributed by atoms with van der Waals surface area (Å²) in [5.41, 5.74) is 5.50. The first-order chi connectivity index (χ1) is 14.8. The van der Waals surface area contributed by atoms with Gasteiger partial charge >= 0.3 is 0 Å². The Hall–Kier alpha value is -2.88. The van der Waals surface area contributed by atoms with E-state index in [0.717, 1.165) is 21.8 Å². The molecular formula is C26H17ClN2S. The molecule has 2 aliphatic rings. The van der Waals surface area contributed by atoms with E-state index in [0.29, 0.717) is 10.5 Å². The normalized spacial score (nSPS) is 19.1. The summed E-state index contributed by atoms with van der Waals surface area (Å²) in [5.74, 6) is 0.267. The summed E-state index contributed by atoms with van der Waals surface area (Å²) in [6.45, 7) is 0. The van der Waals surface area contributed by atoms with Crippen LogP contribution in [0.1, 0.15) is 11.6 Å². The number of hydrogen-bond donors (Lipinski definition) is 0. The lowest BCUT2D eigenvalue weighted by molar-refractivity contribution is 0.826. The number of nitrogens with zero attached hydrogens (tertiary/aromatic N) is 2. The van der Waals surface area contributed by atoms with Crippen molar-refractivity contribution in [3.8, 4) is 22.4 Å². The third kappa shape index (κ3) is 2.97. The first-order valence-corrected chi connectivity index (χ1v) is 11.2. The van der Waals surface area contributed by atoms with Crippen LogP contribution in [0.15, 0.2) is 95.9 Å². The van der Waals surface area contributed by atoms with Crippen LogP contribution >= 0.6 is 23.4 Å².